The van der Waals surface area contributed by atoms with Crippen molar-refractivity contribution in [3.8, 4) is 0 Å². The van der Waals surface area contributed by atoms with Gasteiger partial charge in [-0.15, -0.1) is 0 Å². The van der Waals surface area contributed by atoms with E-state index >= 15 is 0 Å². The smallest absolute Gasteiger partial charge is 0.342 e. The molecule has 0 amide bonds. The summed E-state index contributed by atoms with van der Waals surface area (Å²) in [6.45, 7) is 4.06. The van der Waals surface area contributed by atoms with E-state index in [1.165, 1.54) is 13.2 Å². The van der Waals surface area contributed by atoms with Gasteiger partial charge < -0.3 is 4.74 Å². The number of carbonyl (C=O) groups is 5. The zero-order valence-corrected chi connectivity index (χ0v) is 25.4. The quantitative estimate of drug-likeness (QED) is 0.178. The summed E-state index contributed by atoms with van der Waals surface area (Å²) < 4.78 is 4.77. The number of allylic oxidation sites excluding steroid dienone is 3. The molecule has 6 rings (SSSR count). The minimum atomic E-state index is -0.769. The lowest BCUT2D eigenvalue weighted by molar-refractivity contribution is -0.135. The lowest BCUT2D eigenvalue weighted by Gasteiger charge is -2.20. The largest absolute Gasteiger partial charge is 0.465 e. The molecule has 0 N–H and O–H groups in total. The van der Waals surface area contributed by atoms with Gasteiger partial charge in [-0.25, -0.2) is 4.79 Å². The van der Waals surface area contributed by atoms with Crippen molar-refractivity contribution in [2.75, 3.05) is 7.11 Å². The molecule has 6 heteroatoms. The van der Waals surface area contributed by atoms with E-state index in [4.69, 9.17) is 4.74 Å². The molecule has 0 aromatic heterocycles. The molecule has 0 bridgehead atoms. The molecule has 0 saturated heterocycles. The number of ether oxygens (including phenoxy) is 1. The number of ketones is 4. The van der Waals surface area contributed by atoms with Gasteiger partial charge in [-0.05, 0) is 36.1 Å². The van der Waals surface area contributed by atoms with Crippen LogP contribution in [0.5, 0.6) is 0 Å². The van der Waals surface area contributed by atoms with Gasteiger partial charge in [0.15, 0.2) is 17.3 Å². The SMILES string of the molecule is CCc1cccc(CC2=C(C(=O)OC)C(=O)c3ccccc3C2=O)c1.Cc1cccc(CC2=CC(=O)c3ccccc3C2=O)c1. The fourth-order valence-corrected chi connectivity index (χ4v) is 5.62. The Morgan fingerprint density at radius 1 is 0.622 bits per heavy atom. The number of aryl methyl sites for hydroxylation is 2. The van der Waals surface area contributed by atoms with E-state index in [0.29, 0.717) is 28.7 Å². The number of hydrogen-bond acceptors (Lipinski definition) is 6. The molecular formula is C39H32O6. The minimum absolute atomic E-state index is 0.0401. The summed E-state index contributed by atoms with van der Waals surface area (Å²) in [5.74, 6) is -1.64. The van der Waals surface area contributed by atoms with Gasteiger partial charge in [0.1, 0.15) is 5.57 Å². The van der Waals surface area contributed by atoms with Crippen LogP contribution in [-0.4, -0.2) is 36.2 Å². The van der Waals surface area contributed by atoms with E-state index in [0.717, 1.165) is 28.7 Å². The fraction of sp³-hybridized carbons (Fsp3) is 0.154. The van der Waals surface area contributed by atoms with Crippen molar-refractivity contribution in [1.82, 2.24) is 0 Å². The average molecular weight is 597 g/mol. The number of fused-ring (bicyclic) bond motifs is 2. The first kappa shape index (κ1) is 31.0. The Labute approximate surface area is 262 Å². The van der Waals surface area contributed by atoms with Crippen LogP contribution in [-0.2, 0) is 28.8 Å². The van der Waals surface area contributed by atoms with Gasteiger partial charge in [-0.1, -0.05) is 110 Å². The highest BCUT2D eigenvalue weighted by molar-refractivity contribution is 6.35. The highest BCUT2D eigenvalue weighted by atomic mass is 16.5. The van der Waals surface area contributed by atoms with E-state index in [1.807, 2.05) is 62.4 Å². The highest BCUT2D eigenvalue weighted by Gasteiger charge is 2.36. The Bertz CT molecular complexity index is 1920. The zero-order valence-electron chi connectivity index (χ0n) is 25.4. The maximum absolute atomic E-state index is 12.9. The van der Waals surface area contributed by atoms with Crippen molar-refractivity contribution >= 4 is 29.1 Å². The summed E-state index contributed by atoms with van der Waals surface area (Å²) in [4.78, 5) is 62.4. The predicted octanol–water partition coefficient (Wildman–Crippen LogP) is 6.88. The van der Waals surface area contributed by atoms with Crippen molar-refractivity contribution in [2.24, 2.45) is 0 Å². The van der Waals surface area contributed by atoms with Crippen LogP contribution in [0.15, 0.2) is 120 Å². The monoisotopic (exact) mass is 596 g/mol. The second kappa shape index (κ2) is 13.4. The summed E-state index contributed by atoms with van der Waals surface area (Å²) >= 11 is 0. The third kappa shape index (κ3) is 6.55. The van der Waals surface area contributed by atoms with Crippen LogP contribution in [0.2, 0.25) is 0 Å². The van der Waals surface area contributed by atoms with Gasteiger partial charge in [0.05, 0.1) is 7.11 Å². The number of Topliss-reactive ketones (excluding diaryl/α,β-unsaturated/α-hetero) is 3. The first-order valence-electron chi connectivity index (χ1n) is 14.7. The molecule has 0 heterocycles. The molecule has 224 valence electrons. The molecule has 0 aliphatic heterocycles. The third-order valence-electron chi connectivity index (χ3n) is 7.90. The summed E-state index contributed by atoms with van der Waals surface area (Å²) in [7, 11) is 1.21. The molecule has 0 spiro atoms. The van der Waals surface area contributed by atoms with Crippen LogP contribution >= 0.6 is 0 Å². The number of hydrogen-bond donors (Lipinski definition) is 0. The topological polar surface area (TPSA) is 94.6 Å². The van der Waals surface area contributed by atoms with Crippen LogP contribution in [0, 0.1) is 6.92 Å². The normalized spacial score (nSPS) is 13.8. The first-order chi connectivity index (χ1) is 21.7. The van der Waals surface area contributed by atoms with Gasteiger partial charge in [0, 0.05) is 46.2 Å². The fourth-order valence-electron chi connectivity index (χ4n) is 5.62. The van der Waals surface area contributed by atoms with E-state index in [9.17, 15) is 24.0 Å². The van der Waals surface area contributed by atoms with Gasteiger partial charge in [0.25, 0.3) is 0 Å². The molecule has 6 nitrogen and oxygen atoms in total. The van der Waals surface area contributed by atoms with Crippen LogP contribution in [0.3, 0.4) is 0 Å². The molecule has 0 saturated carbocycles. The maximum Gasteiger partial charge on any atom is 0.342 e. The Balaban J connectivity index is 0.000000182. The van der Waals surface area contributed by atoms with Crippen molar-refractivity contribution in [3.05, 3.63) is 164 Å². The van der Waals surface area contributed by atoms with Crippen LogP contribution in [0.4, 0.5) is 0 Å². The number of benzene rings is 4. The molecule has 0 atom stereocenters. The average Bonchev–Trinajstić information content (AvgIpc) is 3.06. The summed E-state index contributed by atoms with van der Waals surface area (Å²) in [6, 6.07) is 29.4. The van der Waals surface area contributed by atoms with E-state index in [-0.39, 0.29) is 40.5 Å². The third-order valence-corrected chi connectivity index (χ3v) is 7.90. The zero-order chi connectivity index (χ0) is 32.1. The van der Waals surface area contributed by atoms with Crippen molar-refractivity contribution < 1.29 is 28.7 Å². The highest BCUT2D eigenvalue weighted by Crippen LogP contribution is 2.29. The van der Waals surface area contributed by atoms with Gasteiger partial charge in [0.2, 0.25) is 5.78 Å². The minimum Gasteiger partial charge on any atom is -0.465 e. The molecular weight excluding hydrogens is 564 g/mol. The molecule has 0 fully saturated rings. The number of esters is 1. The molecule has 2 aliphatic carbocycles. The van der Waals surface area contributed by atoms with Crippen molar-refractivity contribution in [1.29, 1.82) is 0 Å². The van der Waals surface area contributed by atoms with Gasteiger partial charge >= 0.3 is 5.97 Å². The van der Waals surface area contributed by atoms with E-state index in [1.54, 1.807) is 48.5 Å². The Hall–Kier alpha value is -5.49. The van der Waals surface area contributed by atoms with Crippen molar-refractivity contribution in [2.45, 2.75) is 33.1 Å². The van der Waals surface area contributed by atoms with E-state index in [2.05, 4.69) is 0 Å². The summed E-state index contributed by atoms with van der Waals surface area (Å²) in [6.07, 6.45) is 3.07. The Morgan fingerprint density at radius 2 is 1.18 bits per heavy atom. The molecule has 0 radical (unpaired) electrons. The Kier molecular flexibility index (Phi) is 9.24. The van der Waals surface area contributed by atoms with Crippen LogP contribution in [0.25, 0.3) is 0 Å². The molecule has 0 unspecified atom stereocenters. The molecule has 2 aliphatic rings. The van der Waals surface area contributed by atoms with Gasteiger partial charge in [-0.3, -0.25) is 19.2 Å². The summed E-state index contributed by atoms with van der Waals surface area (Å²) in [5.41, 5.74) is 6.43. The lowest BCUT2D eigenvalue weighted by Crippen LogP contribution is -2.28. The lowest BCUT2D eigenvalue weighted by atomic mass is 9.81. The summed E-state index contributed by atoms with van der Waals surface area (Å²) in [5, 5.41) is 0. The predicted molar refractivity (Wildman–Crippen MR) is 172 cm³/mol. The first-order valence-corrected chi connectivity index (χ1v) is 14.7. The number of methoxy groups -OCH3 is 1. The molecule has 45 heavy (non-hydrogen) atoms. The van der Waals surface area contributed by atoms with Gasteiger partial charge in [-0.2, -0.15) is 0 Å². The second-order valence-electron chi connectivity index (χ2n) is 11.0. The molecule has 4 aromatic rings. The standard InChI is InChI=1S/C21H18O4.C18H14O2/c1-3-13-7-6-8-14(11-13)12-17-18(21(24)25-2)20(23)16-10-5-4-9-15(16)19(17)22;1-12-5-4-6-13(9-12)10-14-11-17(19)15-7-2-3-8-16(15)18(14)20/h4-11H,3,12H2,1-2H3;2-9,11H,10H2,1H3. The second-order valence-corrected chi connectivity index (χ2v) is 11.0. The van der Waals surface area contributed by atoms with E-state index < -0.39 is 11.8 Å². The Morgan fingerprint density at radius 3 is 1.80 bits per heavy atom. The van der Waals surface area contributed by atoms with Crippen molar-refractivity contribution in [3.63, 3.8) is 0 Å². The molecule has 4 aromatic carbocycles. The van der Waals surface area contributed by atoms with Crippen LogP contribution < -0.4 is 0 Å². The maximum atomic E-state index is 12.9. The number of carbonyl (C=O) groups excluding carboxylic acids is 5. The van der Waals surface area contributed by atoms with Crippen LogP contribution in [0.1, 0.15) is 70.6 Å². The number of rotatable bonds is 6.